The molecule has 0 N–H and O–H groups in total. The van der Waals surface area contributed by atoms with Crippen molar-refractivity contribution in [3.63, 3.8) is 0 Å². The highest BCUT2D eigenvalue weighted by atomic mass is 16.4. The number of hydrogen-bond donors (Lipinski definition) is 0. The first-order valence-electron chi connectivity index (χ1n) is 5.98. The SMILES string of the molecule is CCN(CC)c1c(C=O)c(=O)oc2ccccc12. The van der Waals surface area contributed by atoms with Crippen LogP contribution in [0.1, 0.15) is 24.2 Å². The van der Waals surface area contributed by atoms with Crippen LogP contribution in [0.3, 0.4) is 0 Å². The van der Waals surface area contributed by atoms with Crippen molar-refractivity contribution < 1.29 is 9.21 Å². The predicted octanol–water partition coefficient (Wildman–Crippen LogP) is 2.45. The largest absolute Gasteiger partial charge is 0.422 e. The zero-order valence-electron chi connectivity index (χ0n) is 10.5. The summed E-state index contributed by atoms with van der Waals surface area (Å²) in [5.41, 5.74) is 0.694. The van der Waals surface area contributed by atoms with Crippen molar-refractivity contribution >= 4 is 22.9 Å². The van der Waals surface area contributed by atoms with Crippen LogP contribution in [0.2, 0.25) is 0 Å². The number of hydrogen-bond acceptors (Lipinski definition) is 4. The van der Waals surface area contributed by atoms with Gasteiger partial charge in [0.25, 0.3) is 0 Å². The van der Waals surface area contributed by atoms with E-state index in [1.165, 1.54) is 0 Å². The minimum atomic E-state index is -0.578. The van der Waals surface area contributed by atoms with Gasteiger partial charge < -0.3 is 9.32 Å². The molecule has 1 aromatic heterocycles. The molecule has 2 aromatic rings. The van der Waals surface area contributed by atoms with E-state index in [9.17, 15) is 9.59 Å². The van der Waals surface area contributed by atoms with Crippen molar-refractivity contribution in [2.75, 3.05) is 18.0 Å². The second-order valence-electron chi connectivity index (χ2n) is 3.94. The maximum atomic E-state index is 11.8. The van der Waals surface area contributed by atoms with Crippen LogP contribution in [-0.4, -0.2) is 19.4 Å². The fourth-order valence-electron chi connectivity index (χ4n) is 2.13. The fraction of sp³-hybridized carbons (Fsp3) is 0.286. The van der Waals surface area contributed by atoms with E-state index in [2.05, 4.69) is 0 Å². The summed E-state index contributed by atoms with van der Waals surface area (Å²) >= 11 is 0. The molecule has 18 heavy (non-hydrogen) atoms. The first kappa shape index (κ1) is 12.4. The molecule has 0 aliphatic heterocycles. The predicted molar refractivity (Wildman–Crippen MR) is 71.4 cm³/mol. The third-order valence-corrected chi connectivity index (χ3v) is 3.02. The molecule has 0 bridgehead atoms. The molecule has 94 valence electrons. The first-order valence-corrected chi connectivity index (χ1v) is 5.98. The number of benzene rings is 1. The van der Waals surface area contributed by atoms with Crippen molar-refractivity contribution in [1.29, 1.82) is 0 Å². The summed E-state index contributed by atoms with van der Waals surface area (Å²) in [6.45, 7) is 5.43. The maximum Gasteiger partial charge on any atom is 0.349 e. The highest BCUT2D eigenvalue weighted by Gasteiger charge is 2.17. The minimum Gasteiger partial charge on any atom is -0.422 e. The lowest BCUT2D eigenvalue weighted by molar-refractivity contribution is 0.112. The van der Waals surface area contributed by atoms with Crippen molar-refractivity contribution in [2.45, 2.75) is 13.8 Å². The van der Waals surface area contributed by atoms with Gasteiger partial charge in [0.15, 0.2) is 6.29 Å². The van der Waals surface area contributed by atoms with Crippen molar-refractivity contribution in [3.8, 4) is 0 Å². The molecule has 1 aromatic carbocycles. The molecule has 2 rings (SSSR count). The van der Waals surface area contributed by atoms with E-state index >= 15 is 0 Å². The lowest BCUT2D eigenvalue weighted by Crippen LogP contribution is -2.26. The van der Waals surface area contributed by atoms with Crippen molar-refractivity contribution in [2.24, 2.45) is 0 Å². The Labute approximate surface area is 105 Å². The van der Waals surface area contributed by atoms with Gasteiger partial charge in [-0.25, -0.2) is 4.79 Å². The molecule has 0 aliphatic rings. The quantitative estimate of drug-likeness (QED) is 0.613. The number of para-hydroxylation sites is 1. The molecule has 0 saturated carbocycles. The summed E-state index contributed by atoms with van der Waals surface area (Å²) in [6, 6.07) is 7.26. The Morgan fingerprint density at radius 3 is 2.50 bits per heavy atom. The molecule has 0 spiro atoms. The van der Waals surface area contributed by atoms with Crippen LogP contribution in [0.25, 0.3) is 11.0 Å². The first-order chi connectivity index (χ1) is 8.72. The summed E-state index contributed by atoms with van der Waals surface area (Å²) in [5.74, 6) is 0. The van der Waals surface area contributed by atoms with Crippen LogP contribution in [0.5, 0.6) is 0 Å². The molecule has 0 fully saturated rings. The molecule has 0 atom stereocenters. The third-order valence-electron chi connectivity index (χ3n) is 3.02. The number of fused-ring (bicyclic) bond motifs is 1. The fourth-order valence-corrected chi connectivity index (χ4v) is 2.13. The van der Waals surface area contributed by atoms with Gasteiger partial charge in [0, 0.05) is 18.5 Å². The van der Waals surface area contributed by atoms with Crippen LogP contribution in [0.4, 0.5) is 5.69 Å². The number of carbonyl (C=O) groups is 1. The Hall–Kier alpha value is -2.10. The van der Waals surface area contributed by atoms with E-state index < -0.39 is 5.63 Å². The maximum absolute atomic E-state index is 11.8. The number of carbonyl (C=O) groups excluding carboxylic acids is 1. The number of rotatable bonds is 4. The van der Waals surface area contributed by atoms with Gasteiger partial charge in [-0.3, -0.25) is 4.79 Å². The second kappa shape index (κ2) is 5.04. The lowest BCUT2D eigenvalue weighted by atomic mass is 10.1. The van der Waals surface area contributed by atoms with E-state index in [1.54, 1.807) is 12.1 Å². The number of nitrogens with zero attached hydrogens (tertiary/aromatic N) is 1. The summed E-state index contributed by atoms with van der Waals surface area (Å²) < 4.78 is 5.15. The monoisotopic (exact) mass is 245 g/mol. The summed E-state index contributed by atoms with van der Waals surface area (Å²) in [4.78, 5) is 24.9. The summed E-state index contributed by atoms with van der Waals surface area (Å²) in [5, 5.41) is 0.794. The van der Waals surface area contributed by atoms with Gasteiger partial charge in [0.2, 0.25) is 0 Å². The molecule has 0 saturated heterocycles. The van der Waals surface area contributed by atoms with Gasteiger partial charge in [-0.05, 0) is 26.0 Å². The van der Waals surface area contributed by atoms with Gasteiger partial charge in [-0.15, -0.1) is 0 Å². The van der Waals surface area contributed by atoms with Crippen LogP contribution in [0.15, 0.2) is 33.5 Å². The minimum absolute atomic E-state index is 0.0948. The Kier molecular flexibility index (Phi) is 3.46. The Balaban J connectivity index is 2.88. The molecule has 4 heteroatoms. The van der Waals surface area contributed by atoms with E-state index in [0.717, 1.165) is 18.5 Å². The zero-order chi connectivity index (χ0) is 13.1. The van der Waals surface area contributed by atoms with E-state index in [-0.39, 0.29) is 5.56 Å². The lowest BCUT2D eigenvalue weighted by Gasteiger charge is -2.23. The summed E-state index contributed by atoms with van der Waals surface area (Å²) in [7, 11) is 0. The van der Waals surface area contributed by atoms with E-state index in [4.69, 9.17) is 4.42 Å². The van der Waals surface area contributed by atoms with Crippen LogP contribution < -0.4 is 10.5 Å². The van der Waals surface area contributed by atoms with Crippen molar-refractivity contribution in [3.05, 3.63) is 40.2 Å². The molecule has 1 heterocycles. The molecule has 0 amide bonds. The average molecular weight is 245 g/mol. The summed E-state index contributed by atoms with van der Waals surface area (Å²) in [6.07, 6.45) is 0.575. The number of aldehydes is 1. The Morgan fingerprint density at radius 1 is 1.22 bits per heavy atom. The van der Waals surface area contributed by atoms with E-state index in [0.29, 0.717) is 17.6 Å². The molecule has 0 aliphatic carbocycles. The average Bonchev–Trinajstić information content (AvgIpc) is 2.40. The topological polar surface area (TPSA) is 50.5 Å². The zero-order valence-corrected chi connectivity index (χ0v) is 10.5. The normalized spacial score (nSPS) is 10.6. The highest BCUT2D eigenvalue weighted by molar-refractivity contribution is 5.99. The Morgan fingerprint density at radius 2 is 1.89 bits per heavy atom. The van der Waals surface area contributed by atoms with Crippen LogP contribution in [-0.2, 0) is 0 Å². The van der Waals surface area contributed by atoms with Gasteiger partial charge in [0.1, 0.15) is 11.1 Å². The van der Waals surface area contributed by atoms with Crippen LogP contribution in [0, 0.1) is 0 Å². The van der Waals surface area contributed by atoms with Crippen LogP contribution >= 0.6 is 0 Å². The van der Waals surface area contributed by atoms with Gasteiger partial charge in [-0.2, -0.15) is 0 Å². The van der Waals surface area contributed by atoms with E-state index in [1.807, 2.05) is 30.9 Å². The molecular formula is C14H15NO3. The molecular weight excluding hydrogens is 230 g/mol. The standard InChI is InChI=1S/C14H15NO3/c1-3-15(4-2)13-10-7-5-6-8-12(10)18-14(17)11(13)9-16/h5-9H,3-4H2,1-2H3. The Bertz CT molecular complexity index is 626. The highest BCUT2D eigenvalue weighted by Crippen LogP contribution is 2.27. The second-order valence-corrected chi connectivity index (χ2v) is 3.94. The smallest absolute Gasteiger partial charge is 0.349 e. The van der Waals surface area contributed by atoms with Gasteiger partial charge in [-0.1, -0.05) is 12.1 Å². The van der Waals surface area contributed by atoms with Gasteiger partial charge >= 0.3 is 5.63 Å². The van der Waals surface area contributed by atoms with Crippen molar-refractivity contribution in [1.82, 2.24) is 0 Å². The molecule has 0 unspecified atom stereocenters. The molecule has 4 nitrogen and oxygen atoms in total. The third kappa shape index (κ3) is 1.90. The molecule has 0 radical (unpaired) electrons. The van der Waals surface area contributed by atoms with Gasteiger partial charge in [0.05, 0.1) is 5.69 Å². The number of anilines is 1.